The van der Waals surface area contributed by atoms with Gasteiger partial charge in [0.25, 0.3) is 5.56 Å². The first-order chi connectivity index (χ1) is 14.9. The van der Waals surface area contributed by atoms with E-state index in [2.05, 4.69) is 34.0 Å². The number of fused-ring (bicyclic) bond motifs is 1. The van der Waals surface area contributed by atoms with Crippen LogP contribution >= 0.6 is 0 Å². The lowest BCUT2D eigenvalue weighted by Crippen LogP contribution is -2.39. The molecule has 2 aromatic heterocycles. The highest BCUT2D eigenvalue weighted by atomic mass is 16.3. The summed E-state index contributed by atoms with van der Waals surface area (Å²) in [6.45, 7) is 10.3. The Morgan fingerprint density at radius 1 is 1.10 bits per heavy atom. The highest BCUT2D eigenvalue weighted by Gasteiger charge is 2.15. The summed E-state index contributed by atoms with van der Waals surface area (Å²) in [5, 5.41) is 12.7. The van der Waals surface area contributed by atoms with Crippen molar-refractivity contribution < 1.29 is 5.11 Å². The molecule has 2 rings (SSSR count). The SMILES string of the molecule is CCCCN(CCCC)CCNc1nc2c([nH]1)c(=O)n(CCCCC(C)O)c(=O)n2C. The van der Waals surface area contributed by atoms with Crippen LogP contribution < -0.4 is 16.6 Å². The van der Waals surface area contributed by atoms with E-state index in [1.165, 1.54) is 34.8 Å². The van der Waals surface area contributed by atoms with Crippen LogP contribution in [0.1, 0.15) is 65.7 Å². The standard InChI is InChI=1S/C22H40N6O3/c1-5-7-13-27(14-8-6-2)16-12-23-21-24-18-19(25-21)26(4)22(31)28(20(18)30)15-10-9-11-17(3)29/h17,29H,5-16H2,1-4H3,(H2,23,24,25). The fraction of sp³-hybridized carbons (Fsp3) is 0.773. The van der Waals surface area contributed by atoms with Crippen LogP contribution in [-0.2, 0) is 13.6 Å². The van der Waals surface area contributed by atoms with Crippen LogP contribution in [0.3, 0.4) is 0 Å². The van der Waals surface area contributed by atoms with E-state index in [0.717, 1.165) is 26.1 Å². The van der Waals surface area contributed by atoms with Crippen molar-refractivity contribution >= 4 is 17.1 Å². The van der Waals surface area contributed by atoms with Crippen LogP contribution in [0.2, 0.25) is 0 Å². The number of nitrogens with one attached hydrogen (secondary N) is 2. The minimum atomic E-state index is -0.372. The molecule has 0 aliphatic heterocycles. The molecule has 0 bridgehead atoms. The number of H-pyrrole nitrogens is 1. The molecule has 0 saturated carbocycles. The highest BCUT2D eigenvalue weighted by molar-refractivity contribution is 5.72. The van der Waals surface area contributed by atoms with Gasteiger partial charge in [0.1, 0.15) is 0 Å². The molecule has 9 nitrogen and oxygen atoms in total. The molecule has 3 N–H and O–H groups in total. The molecule has 0 aromatic carbocycles. The molecule has 2 aromatic rings. The van der Waals surface area contributed by atoms with E-state index < -0.39 is 0 Å². The number of aryl methyl sites for hydroxylation is 1. The van der Waals surface area contributed by atoms with Gasteiger partial charge in [-0.25, -0.2) is 4.79 Å². The number of hydrogen-bond donors (Lipinski definition) is 3. The van der Waals surface area contributed by atoms with Gasteiger partial charge in [0.2, 0.25) is 5.95 Å². The fourth-order valence-electron chi connectivity index (χ4n) is 3.67. The number of hydrogen-bond acceptors (Lipinski definition) is 6. The summed E-state index contributed by atoms with van der Waals surface area (Å²) in [6.07, 6.45) is 6.44. The van der Waals surface area contributed by atoms with Crippen molar-refractivity contribution in [2.45, 2.75) is 78.4 Å². The van der Waals surface area contributed by atoms with Crippen molar-refractivity contribution in [1.29, 1.82) is 0 Å². The zero-order chi connectivity index (χ0) is 22.8. The zero-order valence-electron chi connectivity index (χ0n) is 19.6. The lowest BCUT2D eigenvalue weighted by molar-refractivity contribution is 0.180. The van der Waals surface area contributed by atoms with Gasteiger partial charge >= 0.3 is 5.69 Å². The number of nitrogens with zero attached hydrogens (tertiary/aromatic N) is 4. The Morgan fingerprint density at radius 3 is 2.39 bits per heavy atom. The maximum Gasteiger partial charge on any atom is 0.332 e. The predicted molar refractivity (Wildman–Crippen MR) is 126 cm³/mol. The van der Waals surface area contributed by atoms with Gasteiger partial charge in [-0.2, -0.15) is 4.98 Å². The second-order valence-corrected chi connectivity index (χ2v) is 8.40. The Morgan fingerprint density at radius 2 is 1.77 bits per heavy atom. The molecule has 0 saturated heterocycles. The van der Waals surface area contributed by atoms with Crippen LogP contribution in [0.25, 0.3) is 11.2 Å². The number of aromatic amines is 1. The number of rotatable bonds is 15. The molecule has 0 aliphatic rings. The number of anilines is 1. The van der Waals surface area contributed by atoms with Crippen LogP contribution in [0.15, 0.2) is 9.59 Å². The normalized spacial score (nSPS) is 12.7. The van der Waals surface area contributed by atoms with Gasteiger partial charge in [-0.3, -0.25) is 13.9 Å². The van der Waals surface area contributed by atoms with Crippen LogP contribution in [0.4, 0.5) is 5.95 Å². The van der Waals surface area contributed by atoms with E-state index in [9.17, 15) is 14.7 Å². The molecule has 0 aliphatic carbocycles. The van der Waals surface area contributed by atoms with E-state index in [0.29, 0.717) is 43.0 Å². The van der Waals surface area contributed by atoms with Gasteiger partial charge < -0.3 is 20.3 Å². The quantitative estimate of drug-likeness (QED) is 0.370. The molecule has 9 heteroatoms. The van der Waals surface area contributed by atoms with Gasteiger partial charge in [0.05, 0.1) is 6.10 Å². The summed E-state index contributed by atoms with van der Waals surface area (Å²) in [6, 6.07) is 0. The highest BCUT2D eigenvalue weighted by Crippen LogP contribution is 2.09. The molecule has 1 unspecified atom stereocenters. The van der Waals surface area contributed by atoms with Crippen LogP contribution in [0.5, 0.6) is 0 Å². The monoisotopic (exact) mass is 436 g/mol. The first-order valence-corrected chi connectivity index (χ1v) is 11.7. The van der Waals surface area contributed by atoms with Crippen molar-refractivity contribution in [3.63, 3.8) is 0 Å². The van der Waals surface area contributed by atoms with Gasteiger partial charge in [0.15, 0.2) is 11.2 Å². The summed E-state index contributed by atoms with van der Waals surface area (Å²) in [5.41, 5.74) is 0.00150. The van der Waals surface area contributed by atoms with Crippen molar-refractivity contribution in [3.8, 4) is 0 Å². The number of aliphatic hydroxyl groups is 1. The average molecular weight is 437 g/mol. The first kappa shape index (κ1) is 25.1. The van der Waals surface area contributed by atoms with E-state index in [4.69, 9.17) is 0 Å². The minimum Gasteiger partial charge on any atom is -0.393 e. The third-order valence-corrected chi connectivity index (χ3v) is 5.61. The minimum absolute atomic E-state index is 0.333. The molecule has 31 heavy (non-hydrogen) atoms. The molecule has 0 radical (unpaired) electrons. The maximum absolute atomic E-state index is 12.9. The van der Waals surface area contributed by atoms with E-state index in [1.807, 2.05) is 0 Å². The molecule has 2 heterocycles. The first-order valence-electron chi connectivity index (χ1n) is 11.7. The number of aliphatic hydroxyl groups excluding tert-OH is 1. The summed E-state index contributed by atoms with van der Waals surface area (Å²) >= 11 is 0. The van der Waals surface area contributed by atoms with Gasteiger partial charge in [-0.15, -0.1) is 0 Å². The fourth-order valence-corrected chi connectivity index (χ4v) is 3.67. The van der Waals surface area contributed by atoms with Crippen molar-refractivity contribution in [2.75, 3.05) is 31.5 Å². The van der Waals surface area contributed by atoms with Crippen molar-refractivity contribution in [3.05, 3.63) is 20.8 Å². The lowest BCUT2D eigenvalue weighted by atomic mass is 10.2. The summed E-state index contributed by atoms with van der Waals surface area (Å²) in [4.78, 5) is 35.5. The van der Waals surface area contributed by atoms with E-state index in [-0.39, 0.29) is 17.4 Å². The summed E-state index contributed by atoms with van der Waals surface area (Å²) < 4.78 is 2.67. The molecule has 0 fully saturated rings. The largest absolute Gasteiger partial charge is 0.393 e. The Bertz CT molecular complexity index is 906. The second-order valence-electron chi connectivity index (χ2n) is 8.40. The van der Waals surface area contributed by atoms with Gasteiger partial charge in [0, 0.05) is 26.7 Å². The Hall–Kier alpha value is -2.13. The van der Waals surface area contributed by atoms with Gasteiger partial charge in [-0.1, -0.05) is 26.7 Å². The van der Waals surface area contributed by atoms with Crippen molar-refractivity contribution in [2.24, 2.45) is 7.05 Å². The lowest BCUT2D eigenvalue weighted by Gasteiger charge is -2.21. The topological polar surface area (TPSA) is 108 Å². The predicted octanol–water partition coefficient (Wildman–Crippen LogP) is 2.29. The number of imidazole rings is 1. The van der Waals surface area contributed by atoms with Crippen LogP contribution in [-0.4, -0.2) is 61.4 Å². The summed E-state index contributed by atoms with van der Waals surface area (Å²) in [7, 11) is 1.64. The Balaban J connectivity index is 2.07. The maximum atomic E-state index is 12.9. The third-order valence-electron chi connectivity index (χ3n) is 5.61. The molecule has 0 spiro atoms. The van der Waals surface area contributed by atoms with E-state index >= 15 is 0 Å². The molecule has 1 atom stereocenters. The zero-order valence-corrected chi connectivity index (χ0v) is 19.6. The van der Waals surface area contributed by atoms with E-state index in [1.54, 1.807) is 14.0 Å². The Kier molecular flexibility index (Phi) is 10.3. The molecular formula is C22H40N6O3. The van der Waals surface area contributed by atoms with Crippen molar-refractivity contribution in [1.82, 2.24) is 24.0 Å². The average Bonchev–Trinajstić information content (AvgIpc) is 3.17. The molecule has 0 amide bonds. The Labute approximate surface area is 184 Å². The number of aromatic nitrogens is 4. The second kappa shape index (κ2) is 12.7. The number of unbranched alkanes of at least 4 members (excludes halogenated alkanes) is 3. The molecule has 176 valence electrons. The van der Waals surface area contributed by atoms with Gasteiger partial charge in [-0.05, 0) is 52.1 Å². The summed E-state index contributed by atoms with van der Waals surface area (Å²) in [5.74, 6) is 0.514. The molecular weight excluding hydrogens is 396 g/mol. The van der Waals surface area contributed by atoms with Crippen LogP contribution in [0, 0.1) is 0 Å². The third kappa shape index (κ3) is 7.21. The smallest absolute Gasteiger partial charge is 0.332 e.